The van der Waals surface area contributed by atoms with Crippen LogP contribution in [-0.2, 0) is 9.53 Å². The molecule has 5 heteroatoms. The summed E-state index contributed by atoms with van der Waals surface area (Å²) in [6, 6.07) is 0. The van der Waals surface area contributed by atoms with Gasteiger partial charge in [0.2, 0.25) is 0 Å². The Hall–Kier alpha value is -0.580. The van der Waals surface area contributed by atoms with Gasteiger partial charge in [-0.2, -0.15) is 0 Å². The molecule has 1 aliphatic carbocycles. The molecule has 11 heavy (non-hydrogen) atoms. The lowest BCUT2D eigenvalue weighted by atomic mass is 9.81. The van der Waals surface area contributed by atoms with Gasteiger partial charge in [-0.3, -0.25) is 4.74 Å². The minimum absolute atomic E-state index is 0.177. The summed E-state index contributed by atoms with van der Waals surface area (Å²) in [6.45, 7) is 0. The molecule has 1 aliphatic rings. The summed E-state index contributed by atoms with van der Waals surface area (Å²) in [5.74, 6) is 0. The normalized spacial score (nSPS) is 22.5. The lowest BCUT2D eigenvalue weighted by Crippen LogP contribution is -2.45. The molecule has 2 nitrogen and oxygen atoms in total. The Morgan fingerprint density at radius 3 is 2.00 bits per heavy atom. The number of carbonyl (C=O) groups excluding carboxylic acids is 1. The molecule has 0 radical (unpaired) electrons. The summed E-state index contributed by atoms with van der Waals surface area (Å²) < 4.78 is 38.4. The first-order valence-electron chi connectivity index (χ1n) is 3.21. The van der Waals surface area contributed by atoms with Crippen LogP contribution in [0, 0.1) is 0 Å². The zero-order valence-corrected chi connectivity index (χ0v) is 5.65. The SMILES string of the molecule is O=CC1(OC(F)(F)F)CCC1. The fourth-order valence-electron chi connectivity index (χ4n) is 1.000. The first-order chi connectivity index (χ1) is 4.97. The molecule has 64 valence electrons. The largest absolute Gasteiger partial charge is 0.523 e. The summed E-state index contributed by atoms with van der Waals surface area (Å²) in [5.41, 5.74) is -1.56. The molecule has 0 aromatic carbocycles. The molecule has 1 fully saturated rings. The first-order valence-corrected chi connectivity index (χ1v) is 3.21. The molecule has 1 saturated carbocycles. The van der Waals surface area contributed by atoms with E-state index < -0.39 is 12.0 Å². The van der Waals surface area contributed by atoms with Gasteiger partial charge in [-0.05, 0) is 19.3 Å². The van der Waals surface area contributed by atoms with Crippen molar-refractivity contribution in [2.24, 2.45) is 0 Å². The third-order valence-electron chi connectivity index (χ3n) is 1.73. The molecular weight excluding hydrogens is 161 g/mol. The van der Waals surface area contributed by atoms with Gasteiger partial charge in [0.25, 0.3) is 0 Å². The third-order valence-corrected chi connectivity index (χ3v) is 1.73. The molecular formula is C6H7F3O2. The van der Waals surface area contributed by atoms with Crippen molar-refractivity contribution in [3.05, 3.63) is 0 Å². The van der Waals surface area contributed by atoms with Gasteiger partial charge in [0.05, 0.1) is 0 Å². The molecule has 0 bridgehead atoms. The van der Waals surface area contributed by atoms with Crippen molar-refractivity contribution in [3.8, 4) is 0 Å². The summed E-state index contributed by atoms with van der Waals surface area (Å²) >= 11 is 0. The standard InChI is InChI=1S/C6H7F3O2/c7-6(8,9)11-5(4-10)2-1-3-5/h4H,1-3H2. The molecule has 0 unspecified atom stereocenters. The van der Waals surface area contributed by atoms with Gasteiger partial charge in [-0.25, -0.2) is 0 Å². The van der Waals surface area contributed by atoms with Gasteiger partial charge in [0, 0.05) is 0 Å². The smallest absolute Gasteiger partial charge is 0.300 e. The van der Waals surface area contributed by atoms with Crippen LogP contribution in [-0.4, -0.2) is 18.2 Å². The van der Waals surface area contributed by atoms with E-state index >= 15 is 0 Å². The van der Waals surface area contributed by atoms with E-state index in [1.807, 2.05) is 0 Å². The minimum Gasteiger partial charge on any atom is -0.300 e. The van der Waals surface area contributed by atoms with Crippen LogP contribution in [0.15, 0.2) is 0 Å². The lowest BCUT2D eigenvalue weighted by molar-refractivity contribution is -0.367. The number of hydrogen-bond acceptors (Lipinski definition) is 2. The molecule has 1 rings (SSSR count). The monoisotopic (exact) mass is 168 g/mol. The molecule has 0 aliphatic heterocycles. The van der Waals surface area contributed by atoms with Crippen LogP contribution in [0.1, 0.15) is 19.3 Å². The Morgan fingerprint density at radius 1 is 1.36 bits per heavy atom. The van der Waals surface area contributed by atoms with Crippen molar-refractivity contribution < 1.29 is 22.7 Å². The topological polar surface area (TPSA) is 26.3 Å². The molecule has 0 N–H and O–H groups in total. The van der Waals surface area contributed by atoms with E-state index in [4.69, 9.17) is 0 Å². The van der Waals surface area contributed by atoms with Crippen LogP contribution < -0.4 is 0 Å². The predicted molar refractivity (Wildman–Crippen MR) is 29.8 cm³/mol. The number of rotatable bonds is 2. The number of carbonyl (C=O) groups is 1. The van der Waals surface area contributed by atoms with Gasteiger partial charge >= 0.3 is 6.36 Å². The second-order valence-electron chi connectivity index (χ2n) is 2.58. The maximum Gasteiger partial charge on any atom is 0.523 e. The highest BCUT2D eigenvalue weighted by Crippen LogP contribution is 2.38. The first kappa shape index (κ1) is 8.52. The summed E-state index contributed by atoms with van der Waals surface area (Å²) in [4.78, 5) is 10.2. The Morgan fingerprint density at radius 2 is 1.91 bits per heavy atom. The van der Waals surface area contributed by atoms with E-state index in [0.717, 1.165) is 0 Å². The molecule has 0 aromatic rings. The fraction of sp³-hybridized carbons (Fsp3) is 0.833. The third kappa shape index (κ3) is 1.92. The van der Waals surface area contributed by atoms with Crippen LogP contribution in [0.5, 0.6) is 0 Å². The zero-order chi connectivity index (χ0) is 8.54. The van der Waals surface area contributed by atoms with Crippen LogP contribution >= 0.6 is 0 Å². The Bertz CT molecular complexity index is 160. The highest BCUT2D eigenvalue weighted by molar-refractivity contribution is 5.64. The van der Waals surface area contributed by atoms with Crippen molar-refractivity contribution in [3.63, 3.8) is 0 Å². The summed E-state index contributed by atoms with van der Waals surface area (Å²) in [6.07, 6.45) is -3.48. The quantitative estimate of drug-likeness (QED) is 0.586. The van der Waals surface area contributed by atoms with Crippen molar-refractivity contribution in [1.82, 2.24) is 0 Å². The van der Waals surface area contributed by atoms with Gasteiger partial charge in [-0.15, -0.1) is 13.2 Å². The molecule has 0 atom stereocenters. The van der Waals surface area contributed by atoms with Crippen LogP contribution in [0.2, 0.25) is 0 Å². The van der Waals surface area contributed by atoms with Gasteiger partial charge in [0.15, 0.2) is 6.29 Å². The van der Waals surface area contributed by atoms with Crippen LogP contribution in [0.25, 0.3) is 0 Å². The van der Waals surface area contributed by atoms with Crippen molar-refractivity contribution in [2.75, 3.05) is 0 Å². The number of aldehydes is 1. The number of alkyl halides is 3. The van der Waals surface area contributed by atoms with E-state index in [1.54, 1.807) is 0 Å². The molecule has 0 saturated heterocycles. The highest BCUT2D eigenvalue weighted by atomic mass is 19.4. The number of hydrogen-bond donors (Lipinski definition) is 0. The number of halogens is 3. The van der Waals surface area contributed by atoms with E-state index in [1.165, 1.54) is 0 Å². The number of ether oxygens (including phenoxy) is 1. The van der Waals surface area contributed by atoms with E-state index in [0.29, 0.717) is 6.42 Å². The van der Waals surface area contributed by atoms with E-state index in [9.17, 15) is 18.0 Å². The highest BCUT2D eigenvalue weighted by Gasteiger charge is 2.47. The average molecular weight is 168 g/mol. The predicted octanol–water partition coefficient (Wildman–Crippen LogP) is 1.64. The summed E-state index contributed by atoms with van der Waals surface area (Å²) in [7, 11) is 0. The Kier molecular flexibility index (Phi) is 1.92. The van der Waals surface area contributed by atoms with E-state index in [-0.39, 0.29) is 19.1 Å². The van der Waals surface area contributed by atoms with Gasteiger partial charge < -0.3 is 4.79 Å². The Labute approximate surface area is 61.3 Å². The van der Waals surface area contributed by atoms with Gasteiger partial charge in [-0.1, -0.05) is 0 Å². The molecule has 0 amide bonds. The van der Waals surface area contributed by atoms with Gasteiger partial charge in [0.1, 0.15) is 5.60 Å². The molecule has 0 spiro atoms. The molecule has 0 heterocycles. The van der Waals surface area contributed by atoms with Crippen LogP contribution in [0.3, 0.4) is 0 Å². The second-order valence-corrected chi connectivity index (χ2v) is 2.58. The fourth-order valence-corrected chi connectivity index (χ4v) is 1.000. The maximum absolute atomic E-state index is 11.6. The second kappa shape index (κ2) is 2.48. The van der Waals surface area contributed by atoms with Crippen molar-refractivity contribution in [2.45, 2.75) is 31.2 Å². The Balaban J connectivity index is 2.51. The van der Waals surface area contributed by atoms with Crippen molar-refractivity contribution >= 4 is 6.29 Å². The summed E-state index contributed by atoms with van der Waals surface area (Å²) in [5, 5.41) is 0. The lowest BCUT2D eigenvalue weighted by Gasteiger charge is -2.36. The van der Waals surface area contributed by atoms with E-state index in [2.05, 4.69) is 4.74 Å². The zero-order valence-electron chi connectivity index (χ0n) is 5.65. The minimum atomic E-state index is -4.69. The van der Waals surface area contributed by atoms with Crippen LogP contribution in [0.4, 0.5) is 13.2 Å². The average Bonchev–Trinajstić information content (AvgIpc) is 1.77. The maximum atomic E-state index is 11.6. The van der Waals surface area contributed by atoms with Crippen molar-refractivity contribution in [1.29, 1.82) is 0 Å². The molecule has 0 aromatic heterocycles.